The molecule has 94 valence electrons. The van der Waals surface area contributed by atoms with Crippen LogP contribution in [-0.2, 0) is 4.79 Å². The Kier molecular flexibility index (Phi) is 17.9. The van der Waals surface area contributed by atoms with Gasteiger partial charge in [-0.25, -0.2) is 0 Å². The molecule has 0 aromatic rings. The summed E-state index contributed by atoms with van der Waals surface area (Å²) in [6.07, 6.45) is 2.13. The van der Waals surface area contributed by atoms with Crippen LogP contribution in [0, 0.1) is 5.41 Å². The lowest BCUT2D eigenvalue weighted by molar-refractivity contribution is -0.117. The Hall–Kier alpha value is -0.530. The van der Waals surface area contributed by atoms with Crippen molar-refractivity contribution in [1.82, 2.24) is 4.90 Å². The van der Waals surface area contributed by atoms with Crippen LogP contribution in [0.25, 0.3) is 0 Å². The molecule has 0 rings (SSSR count). The van der Waals surface area contributed by atoms with Gasteiger partial charge in [-0.1, -0.05) is 48.0 Å². The Morgan fingerprint density at radius 2 is 1.27 bits per heavy atom. The monoisotopic (exact) mass is 217 g/mol. The van der Waals surface area contributed by atoms with Gasteiger partial charge < -0.3 is 4.90 Å². The van der Waals surface area contributed by atoms with Crippen LogP contribution in [0.3, 0.4) is 0 Å². The van der Waals surface area contributed by atoms with Crippen LogP contribution in [0.4, 0.5) is 0 Å². The molecule has 0 aliphatic rings. The SMILES string of the molecule is CC.CCC(C)(C)C.CCN(C=O)CC. The maximum atomic E-state index is 9.89. The van der Waals surface area contributed by atoms with Gasteiger partial charge in [-0.2, -0.15) is 0 Å². The van der Waals surface area contributed by atoms with E-state index in [9.17, 15) is 4.79 Å². The second-order valence-electron chi connectivity index (χ2n) is 4.24. The molecule has 0 unspecified atom stereocenters. The Bertz CT molecular complexity index is 112. The molecule has 0 heterocycles. The molecule has 0 aliphatic heterocycles. The predicted octanol–water partition coefficient (Wildman–Crippen LogP) is 3.95. The number of hydrogen-bond donors (Lipinski definition) is 0. The first-order valence-corrected chi connectivity index (χ1v) is 6.10. The zero-order valence-electron chi connectivity index (χ0n) is 12.1. The number of rotatable bonds is 3. The highest BCUT2D eigenvalue weighted by molar-refractivity contribution is 5.46. The van der Waals surface area contributed by atoms with Crippen LogP contribution >= 0.6 is 0 Å². The molecule has 0 saturated carbocycles. The predicted molar refractivity (Wildman–Crippen MR) is 70.1 cm³/mol. The number of carbonyl (C=O) groups excluding carboxylic acids is 1. The van der Waals surface area contributed by atoms with E-state index in [1.165, 1.54) is 6.42 Å². The van der Waals surface area contributed by atoms with E-state index in [0.717, 1.165) is 19.5 Å². The second-order valence-corrected chi connectivity index (χ2v) is 4.24. The molecule has 0 aromatic carbocycles. The molecule has 2 heteroatoms. The highest BCUT2D eigenvalue weighted by atomic mass is 16.1. The summed E-state index contributed by atoms with van der Waals surface area (Å²) in [5, 5.41) is 0. The van der Waals surface area contributed by atoms with E-state index in [-0.39, 0.29) is 0 Å². The minimum atomic E-state index is 0.542. The van der Waals surface area contributed by atoms with Crippen molar-refractivity contribution in [2.45, 2.75) is 61.8 Å². The van der Waals surface area contributed by atoms with Gasteiger partial charge in [-0.15, -0.1) is 0 Å². The van der Waals surface area contributed by atoms with Crippen molar-refractivity contribution >= 4 is 6.41 Å². The molecule has 2 nitrogen and oxygen atoms in total. The normalized spacial score (nSPS) is 9.07. The molecule has 0 bridgehead atoms. The first-order valence-electron chi connectivity index (χ1n) is 6.10. The van der Waals surface area contributed by atoms with Gasteiger partial charge in [0.1, 0.15) is 0 Å². The summed E-state index contributed by atoms with van der Waals surface area (Å²) >= 11 is 0. The average Bonchev–Trinajstić information content (AvgIpc) is 2.23. The fraction of sp³-hybridized carbons (Fsp3) is 0.923. The minimum absolute atomic E-state index is 0.542. The lowest BCUT2D eigenvalue weighted by Gasteiger charge is -2.12. The Morgan fingerprint density at radius 1 is 1.00 bits per heavy atom. The second kappa shape index (κ2) is 13.5. The molecule has 15 heavy (non-hydrogen) atoms. The molecular weight excluding hydrogens is 186 g/mol. The van der Waals surface area contributed by atoms with Crippen LogP contribution in [0.5, 0.6) is 0 Å². The van der Waals surface area contributed by atoms with Crippen molar-refractivity contribution in [3.05, 3.63) is 0 Å². The minimum Gasteiger partial charge on any atom is -0.346 e. The van der Waals surface area contributed by atoms with Crippen molar-refractivity contribution in [2.24, 2.45) is 5.41 Å². The third kappa shape index (κ3) is 24.7. The number of carbonyl (C=O) groups is 1. The van der Waals surface area contributed by atoms with E-state index in [1.54, 1.807) is 4.90 Å². The van der Waals surface area contributed by atoms with E-state index in [2.05, 4.69) is 27.7 Å². The number of nitrogens with zero attached hydrogens (tertiary/aromatic N) is 1. The molecule has 0 spiro atoms. The highest BCUT2D eigenvalue weighted by Crippen LogP contribution is 2.16. The van der Waals surface area contributed by atoms with Gasteiger partial charge in [0, 0.05) is 13.1 Å². The quantitative estimate of drug-likeness (QED) is 0.655. The molecule has 0 aromatic heterocycles. The van der Waals surface area contributed by atoms with Gasteiger partial charge in [0.25, 0.3) is 0 Å². The van der Waals surface area contributed by atoms with Crippen LogP contribution in [0.15, 0.2) is 0 Å². The van der Waals surface area contributed by atoms with Gasteiger partial charge in [-0.3, -0.25) is 4.79 Å². The molecule has 1 amide bonds. The summed E-state index contributed by atoms with van der Waals surface area (Å²) in [7, 11) is 0. The fourth-order valence-corrected chi connectivity index (χ4v) is 0.373. The molecule has 0 N–H and O–H groups in total. The summed E-state index contributed by atoms with van der Waals surface area (Å²) in [6.45, 7) is 18.5. The van der Waals surface area contributed by atoms with E-state index in [4.69, 9.17) is 0 Å². The molecule has 0 saturated heterocycles. The zero-order valence-corrected chi connectivity index (χ0v) is 12.1. The van der Waals surface area contributed by atoms with Crippen LogP contribution in [-0.4, -0.2) is 24.4 Å². The summed E-state index contributed by atoms with van der Waals surface area (Å²) in [5.41, 5.74) is 0.542. The molecule has 0 radical (unpaired) electrons. The van der Waals surface area contributed by atoms with Crippen molar-refractivity contribution in [2.75, 3.05) is 13.1 Å². The zero-order chi connectivity index (χ0) is 12.9. The Morgan fingerprint density at radius 3 is 1.27 bits per heavy atom. The lowest BCUT2D eigenvalue weighted by atomic mass is 9.94. The van der Waals surface area contributed by atoms with E-state index < -0.39 is 0 Å². The Labute approximate surface area is 97.1 Å². The third-order valence-corrected chi connectivity index (χ3v) is 2.02. The van der Waals surface area contributed by atoms with Crippen molar-refractivity contribution in [3.8, 4) is 0 Å². The van der Waals surface area contributed by atoms with Crippen molar-refractivity contribution in [1.29, 1.82) is 0 Å². The smallest absolute Gasteiger partial charge is 0.209 e. The van der Waals surface area contributed by atoms with Crippen LogP contribution in [0.2, 0.25) is 0 Å². The topological polar surface area (TPSA) is 20.3 Å². The van der Waals surface area contributed by atoms with Crippen molar-refractivity contribution < 1.29 is 4.79 Å². The van der Waals surface area contributed by atoms with Gasteiger partial charge in [0.15, 0.2) is 0 Å². The molecular formula is C13H31NO. The van der Waals surface area contributed by atoms with Crippen LogP contribution in [0.1, 0.15) is 61.8 Å². The largest absolute Gasteiger partial charge is 0.346 e. The highest BCUT2D eigenvalue weighted by Gasteiger charge is 2.03. The first-order chi connectivity index (χ1) is 6.91. The standard InChI is InChI=1S/C6H14.C5H11NO.C2H6/c1-5-6(2,3)4;1-3-6(4-2)5-7;1-2/h5H2,1-4H3;5H,3-4H2,1-2H3;1-2H3. The van der Waals surface area contributed by atoms with Gasteiger partial charge in [-0.05, 0) is 19.3 Å². The van der Waals surface area contributed by atoms with Crippen LogP contribution < -0.4 is 0 Å². The maximum absolute atomic E-state index is 9.89. The van der Waals surface area contributed by atoms with E-state index in [1.807, 2.05) is 27.7 Å². The third-order valence-electron chi connectivity index (χ3n) is 2.02. The van der Waals surface area contributed by atoms with Gasteiger partial charge in [0.05, 0.1) is 0 Å². The molecule has 0 aliphatic carbocycles. The summed E-state index contributed by atoms with van der Waals surface area (Å²) in [6, 6.07) is 0. The van der Waals surface area contributed by atoms with E-state index in [0.29, 0.717) is 5.41 Å². The van der Waals surface area contributed by atoms with Gasteiger partial charge >= 0.3 is 0 Å². The van der Waals surface area contributed by atoms with Crippen molar-refractivity contribution in [3.63, 3.8) is 0 Å². The summed E-state index contributed by atoms with van der Waals surface area (Å²) in [5.74, 6) is 0. The first kappa shape index (κ1) is 20.0. The summed E-state index contributed by atoms with van der Waals surface area (Å²) in [4.78, 5) is 11.6. The Balaban J connectivity index is -0.000000166. The fourth-order valence-electron chi connectivity index (χ4n) is 0.373. The molecule has 0 atom stereocenters. The molecule has 0 fully saturated rings. The summed E-state index contributed by atoms with van der Waals surface area (Å²) < 4.78 is 0. The van der Waals surface area contributed by atoms with Gasteiger partial charge in [0.2, 0.25) is 6.41 Å². The number of hydrogen-bond acceptors (Lipinski definition) is 1. The maximum Gasteiger partial charge on any atom is 0.209 e. The average molecular weight is 217 g/mol. The number of amides is 1. The lowest BCUT2D eigenvalue weighted by Crippen LogP contribution is -2.19. The van der Waals surface area contributed by atoms with E-state index >= 15 is 0 Å².